The highest BCUT2D eigenvalue weighted by Gasteiger charge is 2.12. The fourth-order valence-corrected chi connectivity index (χ4v) is 2.49. The molecule has 124 valence electrons. The quantitative estimate of drug-likeness (QED) is 0.727. The summed E-state index contributed by atoms with van der Waals surface area (Å²) in [7, 11) is 0. The van der Waals surface area contributed by atoms with Crippen LogP contribution in [0.1, 0.15) is 23.0 Å². The molecule has 2 aromatic heterocycles. The van der Waals surface area contributed by atoms with Crippen LogP contribution in [0.5, 0.6) is 0 Å². The summed E-state index contributed by atoms with van der Waals surface area (Å²) >= 11 is 11.9. The number of halogens is 2. The predicted molar refractivity (Wildman–Crippen MR) is 93.1 cm³/mol. The molecule has 0 atom stereocenters. The van der Waals surface area contributed by atoms with E-state index in [0.717, 1.165) is 17.7 Å². The molecule has 8 heteroatoms. The smallest absolute Gasteiger partial charge is 0.269 e. The van der Waals surface area contributed by atoms with Crippen molar-refractivity contribution in [2.24, 2.45) is 0 Å². The minimum Gasteiger partial charge on any atom is -0.347 e. The number of aryl methyl sites for hydroxylation is 1. The van der Waals surface area contributed by atoms with Gasteiger partial charge in [0.15, 0.2) is 0 Å². The summed E-state index contributed by atoms with van der Waals surface area (Å²) < 4.78 is 1.81. The van der Waals surface area contributed by atoms with E-state index in [0.29, 0.717) is 28.0 Å². The Morgan fingerprint density at radius 1 is 1.29 bits per heavy atom. The molecule has 2 N–H and O–H groups in total. The van der Waals surface area contributed by atoms with E-state index >= 15 is 0 Å². The Hall–Kier alpha value is -2.31. The lowest BCUT2D eigenvalue weighted by molar-refractivity contribution is 0.0946. The van der Waals surface area contributed by atoms with Gasteiger partial charge in [0.05, 0.1) is 21.9 Å². The molecule has 0 aliphatic carbocycles. The first-order chi connectivity index (χ1) is 11.6. The monoisotopic (exact) mass is 363 g/mol. The van der Waals surface area contributed by atoms with Crippen molar-refractivity contribution in [2.45, 2.75) is 20.0 Å². The number of carbonyl (C=O) groups is 1. The van der Waals surface area contributed by atoms with Crippen molar-refractivity contribution >= 4 is 29.1 Å². The molecule has 3 aromatic rings. The Morgan fingerprint density at radius 3 is 2.83 bits per heavy atom. The summed E-state index contributed by atoms with van der Waals surface area (Å²) in [6, 6.07) is 6.87. The SMILES string of the molecule is CCn1cc(CNC(=O)c2cc(-c3ccc(Cl)c(Cl)c3)n[nH]2)cn1. The molecule has 1 aromatic carbocycles. The zero-order valence-electron chi connectivity index (χ0n) is 12.9. The Balaban J connectivity index is 1.67. The lowest BCUT2D eigenvalue weighted by Gasteiger charge is -2.00. The van der Waals surface area contributed by atoms with E-state index in [4.69, 9.17) is 23.2 Å². The normalized spacial score (nSPS) is 10.8. The Morgan fingerprint density at radius 2 is 2.12 bits per heavy atom. The lowest BCUT2D eigenvalue weighted by Crippen LogP contribution is -2.22. The second kappa shape index (κ2) is 7.07. The molecule has 0 unspecified atom stereocenters. The summed E-state index contributed by atoms with van der Waals surface area (Å²) in [5.41, 5.74) is 2.72. The van der Waals surface area contributed by atoms with Crippen LogP contribution < -0.4 is 5.32 Å². The largest absolute Gasteiger partial charge is 0.347 e. The van der Waals surface area contributed by atoms with Gasteiger partial charge in [-0.2, -0.15) is 10.2 Å². The van der Waals surface area contributed by atoms with Crippen molar-refractivity contribution in [2.75, 3.05) is 0 Å². The van der Waals surface area contributed by atoms with Crippen LogP contribution in [0.3, 0.4) is 0 Å². The van der Waals surface area contributed by atoms with Gasteiger partial charge in [-0.25, -0.2) is 0 Å². The van der Waals surface area contributed by atoms with Gasteiger partial charge in [-0.15, -0.1) is 0 Å². The molecular formula is C16H15Cl2N5O. The molecular weight excluding hydrogens is 349 g/mol. The number of rotatable bonds is 5. The first kappa shape index (κ1) is 16.5. The van der Waals surface area contributed by atoms with E-state index in [-0.39, 0.29) is 5.91 Å². The van der Waals surface area contributed by atoms with Gasteiger partial charge in [-0.1, -0.05) is 29.3 Å². The molecule has 0 saturated heterocycles. The molecule has 0 aliphatic heterocycles. The Labute approximate surface area is 148 Å². The van der Waals surface area contributed by atoms with Gasteiger partial charge < -0.3 is 5.32 Å². The van der Waals surface area contributed by atoms with Crippen LogP contribution >= 0.6 is 23.2 Å². The molecule has 0 bridgehead atoms. The van der Waals surface area contributed by atoms with Crippen molar-refractivity contribution in [3.63, 3.8) is 0 Å². The van der Waals surface area contributed by atoms with Crippen LogP contribution in [0, 0.1) is 0 Å². The number of hydrogen-bond donors (Lipinski definition) is 2. The zero-order chi connectivity index (χ0) is 17.1. The summed E-state index contributed by atoms with van der Waals surface area (Å²) in [5.74, 6) is -0.238. The number of nitrogens with zero attached hydrogens (tertiary/aromatic N) is 3. The summed E-state index contributed by atoms with van der Waals surface area (Å²) in [6.45, 7) is 3.20. The first-order valence-electron chi connectivity index (χ1n) is 7.37. The third kappa shape index (κ3) is 3.60. The third-order valence-corrected chi connectivity index (χ3v) is 4.24. The van der Waals surface area contributed by atoms with Crippen molar-refractivity contribution < 1.29 is 4.79 Å². The Bertz CT molecular complexity index is 871. The van der Waals surface area contributed by atoms with Crippen LogP contribution in [-0.4, -0.2) is 25.9 Å². The van der Waals surface area contributed by atoms with E-state index in [1.165, 1.54) is 0 Å². The Kier molecular flexibility index (Phi) is 4.87. The van der Waals surface area contributed by atoms with E-state index in [1.807, 2.05) is 13.1 Å². The highest BCUT2D eigenvalue weighted by molar-refractivity contribution is 6.42. The standard InChI is InChI=1S/C16H15Cl2N5O/c1-2-23-9-10(8-20-23)7-19-16(24)15-6-14(21-22-15)11-3-4-12(17)13(18)5-11/h3-6,8-9H,2,7H2,1H3,(H,19,24)(H,21,22). The van der Waals surface area contributed by atoms with E-state index in [2.05, 4.69) is 20.6 Å². The van der Waals surface area contributed by atoms with Crippen LogP contribution in [0.25, 0.3) is 11.3 Å². The van der Waals surface area contributed by atoms with Gasteiger partial charge in [0.1, 0.15) is 5.69 Å². The topological polar surface area (TPSA) is 75.6 Å². The molecule has 6 nitrogen and oxygen atoms in total. The number of benzene rings is 1. The fraction of sp³-hybridized carbons (Fsp3) is 0.188. The molecule has 0 fully saturated rings. The first-order valence-corrected chi connectivity index (χ1v) is 8.12. The van der Waals surface area contributed by atoms with Gasteiger partial charge in [-0.3, -0.25) is 14.6 Å². The van der Waals surface area contributed by atoms with Gasteiger partial charge in [0.25, 0.3) is 5.91 Å². The van der Waals surface area contributed by atoms with Crippen molar-refractivity contribution in [1.82, 2.24) is 25.3 Å². The maximum atomic E-state index is 12.2. The maximum Gasteiger partial charge on any atom is 0.269 e. The zero-order valence-corrected chi connectivity index (χ0v) is 14.4. The summed E-state index contributed by atoms with van der Waals surface area (Å²) in [6.07, 6.45) is 3.63. The van der Waals surface area contributed by atoms with E-state index < -0.39 is 0 Å². The highest BCUT2D eigenvalue weighted by Crippen LogP contribution is 2.27. The van der Waals surface area contributed by atoms with E-state index in [9.17, 15) is 4.79 Å². The van der Waals surface area contributed by atoms with E-state index in [1.54, 1.807) is 35.1 Å². The number of nitrogens with one attached hydrogen (secondary N) is 2. The summed E-state index contributed by atoms with van der Waals surface area (Å²) in [5, 5.41) is 14.8. The van der Waals surface area contributed by atoms with Crippen LogP contribution in [0.2, 0.25) is 10.0 Å². The number of amides is 1. The van der Waals surface area contributed by atoms with Gasteiger partial charge in [0.2, 0.25) is 0 Å². The molecule has 0 spiro atoms. The van der Waals surface area contributed by atoms with Crippen LogP contribution in [-0.2, 0) is 13.1 Å². The number of H-pyrrole nitrogens is 1. The van der Waals surface area contributed by atoms with Crippen molar-refractivity contribution in [3.05, 3.63) is 58.0 Å². The number of aromatic nitrogens is 4. The minimum absolute atomic E-state index is 0.238. The highest BCUT2D eigenvalue weighted by atomic mass is 35.5. The third-order valence-electron chi connectivity index (χ3n) is 3.50. The van der Waals surface area contributed by atoms with Crippen LogP contribution in [0.4, 0.5) is 0 Å². The van der Waals surface area contributed by atoms with Gasteiger partial charge in [0, 0.05) is 30.4 Å². The number of carbonyl (C=O) groups excluding carboxylic acids is 1. The maximum absolute atomic E-state index is 12.2. The van der Waals surface area contributed by atoms with Gasteiger partial charge in [-0.05, 0) is 25.1 Å². The van der Waals surface area contributed by atoms with Crippen molar-refractivity contribution in [3.8, 4) is 11.3 Å². The molecule has 24 heavy (non-hydrogen) atoms. The minimum atomic E-state index is -0.238. The number of aromatic amines is 1. The average molecular weight is 364 g/mol. The molecule has 0 saturated carbocycles. The molecule has 3 rings (SSSR count). The predicted octanol–water partition coefficient (Wildman–Crippen LogP) is 3.53. The second-order valence-electron chi connectivity index (χ2n) is 5.18. The second-order valence-corrected chi connectivity index (χ2v) is 6.00. The fourth-order valence-electron chi connectivity index (χ4n) is 2.19. The average Bonchev–Trinajstić information content (AvgIpc) is 3.24. The lowest BCUT2D eigenvalue weighted by atomic mass is 10.1. The summed E-state index contributed by atoms with van der Waals surface area (Å²) in [4.78, 5) is 12.2. The molecule has 0 radical (unpaired) electrons. The molecule has 0 aliphatic rings. The number of hydrogen-bond acceptors (Lipinski definition) is 3. The van der Waals surface area contributed by atoms with Crippen LogP contribution in [0.15, 0.2) is 36.7 Å². The van der Waals surface area contributed by atoms with Gasteiger partial charge >= 0.3 is 0 Å². The molecule has 1 amide bonds. The van der Waals surface area contributed by atoms with Crippen molar-refractivity contribution in [1.29, 1.82) is 0 Å². The molecule has 2 heterocycles.